The molecule has 4 nitrogen and oxygen atoms in total. The van der Waals surface area contributed by atoms with Crippen LogP contribution in [-0.4, -0.2) is 23.9 Å². The van der Waals surface area contributed by atoms with Crippen LogP contribution in [0, 0.1) is 0 Å². The summed E-state index contributed by atoms with van der Waals surface area (Å²) < 4.78 is 0. The van der Waals surface area contributed by atoms with E-state index in [-0.39, 0.29) is 0 Å². The maximum atomic E-state index is 5.69. The highest BCUT2D eigenvalue weighted by atomic mass is 15.4. The van der Waals surface area contributed by atoms with Gasteiger partial charge in [0.2, 0.25) is 5.96 Å². The number of nitrogens with zero attached hydrogens (tertiary/aromatic N) is 2. The van der Waals surface area contributed by atoms with E-state index in [0.717, 1.165) is 37.6 Å². The lowest BCUT2D eigenvalue weighted by Crippen LogP contribution is -2.45. The Kier molecular flexibility index (Phi) is 4.17. The first kappa shape index (κ1) is 13.6. The zero-order valence-electron chi connectivity index (χ0n) is 12.0. The van der Waals surface area contributed by atoms with Crippen molar-refractivity contribution in [1.29, 1.82) is 0 Å². The minimum Gasteiger partial charge on any atom is -0.341 e. The fourth-order valence-corrected chi connectivity index (χ4v) is 2.70. The lowest BCUT2D eigenvalue weighted by molar-refractivity contribution is 0.423. The zero-order chi connectivity index (χ0) is 14.5. The van der Waals surface area contributed by atoms with Gasteiger partial charge in [0.1, 0.15) is 0 Å². The third-order valence-corrected chi connectivity index (χ3v) is 3.84. The van der Waals surface area contributed by atoms with Crippen LogP contribution >= 0.6 is 0 Å². The predicted molar refractivity (Wildman–Crippen MR) is 86.3 cm³/mol. The topological polar surface area (TPSA) is 53.6 Å². The van der Waals surface area contributed by atoms with E-state index in [1.165, 1.54) is 11.1 Å². The van der Waals surface area contributed by atoms with E-state index in [1.807, 2.05) is 30.3 Å². The summed E-state index contributed by atoms with van der Waals surface area (Å²) in [6, 6.07) is 18.5. The Labute approximate surface area is 125 Å². The Morgan fingerprint density at radius 1 is 0.905 bits per heavy atom. The second-order valence-corrected chi connectivity index (χ2v) is 5.17. The van der Waals surface area contributed by atoms with Crippen LogP contribution in [0.25, 0.3) is 0 Å². The summed E-state index contributed by atoms with van der Waals surface area (Å²) in [5.74, 6) is 6.42. The molecule has 4 heteroatoms. The van der Waals surface area contributed by atoms with Crippen LogP contribution in [0.2, 0.25) is 0 Å². The molecule has 2 aromatic rings. The Morgan fingerprint density at radius 3 is 2.05 bits per heavy atom. The van der Waals surface area contributed by atoms with Gasteiger partial charge in [-0.3, -0.25) is 5.43 Å². The van der Waals surface area contributed by atoms with Crippen LogP contribution in [0.5, 0.6) is 0 Å². The minimum atomic E-state index is 0.731. The lowest BCUT2D eigenvalue weighted by Gasteiger charge is -2.23. The van der Waals surface area contributed by atoms with Gasteiger partial charge < -0.3 is 4.90 Å². The number of hydrazine groups is 1. The number of para-hydroxylation sites is 1. The van der Waals surface area contributed by atoms with Crippen molar-refractivity contribution in [3.05, 3.63) is 65.7 Å². The molecule has 0 spiro atoms. The smallest absolute Gasteiger partial charge is 0.213 e. The van der Waals surface area contributed by atoms with Crippen LogP contribution < -0.4 is 11.3 Å². The summed E-state index contributed by atoms with van der Waals surface area (Å²) in [5.41, 5.74) is 6.51. The van der Waals surface area contributed by atoms with Crippen LogP contribution in [0.4, 0.5) is 5.69 Å². The monoisotopic (exact) mass is 280 g/mol. The van der Waals surface area contributed by atoms with Gasteiger partial charge in [-0.1, -0.05) is 42.5 Å². The number of nitrogens with two attached hydrogens (primary N) is 1. The highest BCUT2D eigenvalue weighted by Crippen LogP contribution is 2.17. The highest BCUT2D eigenvalue weighted by Gasteiger charge is 2.16. The number of hydrogen-bond acceptors (Lipinski definition) is 2. The molecule has 3 rings (SSSR count). The van der Waals surface area contributed by atoms with Gasteiger partial charge in [0.05, 0.1) is 5.69 Å². The van der Waals surface area contributed by atoms with Crippen molar-refractivity contribution in [2.75, 3.05) is 13.1 Å². The van der Waals surface area contributed by atoms with E-state index < -0.39 is 0 Å². The standard InChI is InChI=1S/C17H20N4/c18-20-17(19-16-8-2-1-3-9-16)21-12-10-14-6-4-5-7-15(14)11-13-21/h1-9H,10-13,18H2,(H,19,20). The molecular formula is C17H20N4. The third-order valence-electron chi connectivity index (χ3n) is 3.84. The van der Waals surface area contributed by atoms with Crippen LogP contribution in [0.15, 0.2) is 59.6 Å². The lowest BCUT2D eigenvalue weighted by atomic mass is 10.0. The van der Waals surface area contributed by atoms with Crippen molar-refractivity contribution in [3.8, 4) is 0 Å². The van der Waals surface area contributed by atoms with E-state index >= 15 is 0 Å². The largest absolute Gasteiger partial charge is 0.341 e. The van der Waals surface area contributed by atoms with Crippen molar-refractivity contribution in [2.24, 2.45) is 10.8 Å². The molecule has 1 aliphatic rings. The van der Waals surface area contributed by atoms with E-state index in [2.05, 4.69) is 39.6 Å². The molecule has 2 aromatic carbocycles. The summed E-state index contributed by atoms with van der Waals surface area (Å²) in [5, 5.41) is 0. The number of rotatable bonds is 1. The van der Waals surface area contributed by atoms with Crippen molar-refractivity contribution in [3.63, 3.8) is 0 Å². The normalized spacial score (nSPS) is 15.3. The molecule has 0 unspecified atom stereocenters. The van der Waals surface area contributed by atoms with Crippen molar-refractivity contribution in [2.45, 2.75) is 12.8 Å². The van der Waals surface area contributed by atoms with Gasteiger partial charge >= 0.3 is 0 Å². The third kappa shape index (κ3) is 3.23. The average Bonchev–Trinajstić information content (AvgIpc) is 2.76. The first-order chi connectivity index (χ1) is 10.4. The number of guanidine groups is 1. The molecule has 108 valence electrons. The molecule has 21 heavy (non-hydrogen) atoms. The van der Waals surface area contributed by atoms with Gasteiger partial charge in [-0.05, 0) is 36.1 Å². The molecule has 0 saturated heterocycles. The molecule has 0 aromatic heterocycles. The molecular weight excluding hydrogens is 260 g/mol. The number of benzene rings is 2. The maximum Gasteiger partial charge on any atom is 0.213 e. The second kappa shape index (κ2) is 6.41. The van der Waals surface area contributed by atoms with E-state index in [4.69, 9.17) is 5.84 Å². The molecule has 0 saturated carbocycles. The molecule has 3 N–H and O–H groups in total. The van der Waals surface area contributed by atoms with E-state index in [9.17, 15) is 0 Å². The fourth-order valence-electron chi connectivity index (χ4n) is 2.70. The van der Waals surface area contributed by atoms with E-state index in [0.29, 0.717) is 0 Å². The first-order valence-electron chi connectivity index (χ1n) is 7.29. The fraction of sp³-hybridized carbons (Fsp3) is 0.235. The number of fused-ring (bicyclic) bond motifs is 1. The zero-order valence-corrected chi connectivity index (χ0v) is 12.0. The SMILES string of the molecule is NNC(=Nc1ccccc1)N1CCc2ccccc2CC1. The molecule has 0 bridgehead atoms. The Morgan fingerprint density at radius 2 is 1.48 bits per heavy atom. The second-order valence-electron chi connectivity index (χ2n) is 5.17. The number of aliphatic imine (C=N–C) groups is 1. The van der Waals surface area contributed by atoms with Crippen molar-refractivity contribution < 1.29 is 0 Å². The van der Waals surface area contributed by atoms with Gasteiger partial charge in [0, 0.05) is 13.1 Å². The first-order valence-corrected chi connectivity index (χ1v) is 7.29. The summed E-state index contributed by atoms with van der Waals surface area (Å²) in [6.45, 7) is 1.85. The summed E-state index contributed by atoms with van der Waals surface area (Å²) >= 11 is 0. The van der Waals surface area contributed by atoms with Gasteiger partial charge in [-0.25, -0.2) is 10.8 Å². The molecule has 1 heterocycles. The molecule has 0 amide bonds. The quantitative estimate of drug-likeness (QED) is 0.364. The van der Waals surface area contributed by atoms with Gasteiger partial charge in [0.25, 0.3) is 0 Å². The van der Waals surface area contributed by atoms with Crippen molar-refractivity contribution >= 4 is 11.6 Å². The van der Waals surface area contributed by atoms with E-state index in [1.54, 1.807) is 0 Å². The molecule has 1 aliphatic heterocycles. The van der Waals surface area contributed by atoms with Crippen molar-refractivity contribution in [1.82, 2.24) is 10.3 Å². The summed E-state index contributed by atoms with van der Waals surface area (Å²) in [6.07, 6.45) is 2.04. The van der Waals surface area contributed by atoms with Crippen LogP contribution in [-0.2, 0) is 12.8 Å². The molecule has 0 atom stereocenters. The Hall–Kier alpha value is -2.33. The summed E-state index contributed by atoms with van der Waals surface area (Å²) in [4.78, 5) is 6.83. The molecule has 0 radical (unpaired) electrons. The maximum absolute atomic E-state index is 5.69. The average molecular weight is 280 g/mol. The molecule has 0 aliphatic carbocycles. The van der Waals surface area contributed by atoms with Gasteiger partial charge in [-0.2, -0.15) is 0 Å². The summed E-state index contributed by atoms with van der Waals surface area (Å²) in [7, 11) is 0. The van der Waals surface area contributed by atoms with Gasteiger partial charge in [-0.15, -0.1) is 0 Å². The highest BCUT2D eigenvalue weighted by molar-refractivity contribution is 5.82. The Bertz CT molecular complexity index is 595. The predicted octanol–water partition coefficient (Wildman–Crippen LogP) is 2.24. The number of nitrogens with one attached hydrogen (secondary N) is 1. The minimum absolute atomic E-state index is 0.731. The van der Waals surface area contributed by atoms with Crippen LogP contribution in [0.3, 0.4) is 0 Å². The number of hydrogen-bond donors (Lipinski definition) is 2. The Balaban J connectivity index is 1.79. The molecule has 0 fully saturated rings. The van der Waals surface area contributed by atoms with Crippen LogP contribution in [0.1, 0.15) is 11.1 Å². The van der Waals surface area contributed by atoms with Gasteiger partial charge in [0.15, 0.2) is 0 Å².